The lowest BCUT2D eigenvalue weighted by Gasteiger charge is -2.39. The van der Waals surface area contributed by atoms with Crippen molar-refractivity contribution in [2.45, 2.75) is 43.8 Å². The Kier molecular flexibility index (Phi) is 3.11. The molecule has 10 nitrogen and oxygen atoms in total. The third kappa shape index (κ3) is 1.86. The Hall–Kier alpha value is -2.01. The van der Waals surface area contributed by atoms with Crippen LogP contribution < -0.4 is 11.3 Å². The number of aliphatic hydroxyl groups excluding tert-OH is 1. The van der Waals surface area contributed by atoms with Crippen molar-refractivity contribution in [2.75, 3.05) is 12.3 Å². The first-order chi connectivity index (χ1) is 10.5. The number of nitrogens with one attached hydrogen (secondary N) is 1. The lowest BCUT2D eigenvalue weighted by Crippen LogP contribution is -2.60. The second kappa shape index (κ2) is 4.51. The summed E-state index contributed by atoms with van der Waals surface area (Å²) >= 11 is 0. The van der Waals surface area contributed by atoms with Gasteiger partial charge in [-0.1, -0.05) is 0 Å². The van der Waals surface area contributed by atoms with Gasteiger partial charge in [0.1, 0.15) is 16.8 Å². The fourth-order valence-corrected chi connectivity index (χ4v) is 2.89. The Morgan fingerprint density at radius 2 is 2.09 bits per heavy atom. The van der Waals surface area contributed by atoms with E-state index in [1.807, 2.05) is 0 Å². The molecule has 1 aliphatic rings. The highest BCUT2D eigenvalue weighted by Crippen LogP contribution is 2.51. The predicted molar refractivity (Wildman–Crippen MR) is 79.4 cm³/mol. The van der Waals surface area contributed by atoms with Crippen molar-refractivity contribution in [2.24, 2.45) is 0 Å². The molecule has 0 aliphatic carbocycles. The van der Waals surface area contributed by atoms with Crippen LogP contribution in [0.25, 0.3) is 11.2 Å². The number of ether oxygens (including phenoxy) is 1. The molecule has 0 amide bonds. The first-order valence-electron chi connectivity index (χ1n) is 7.01. The van der Waals surface area contributed by atoms with Gasteiger partial charge in [-0.3, -0.25) is 14.3 Å². The fourth-order valence-electron chi connectivity index (χ4n) is 2.89. The van der Waals surface area contributed by atoms with E-state index in [1.54, 1.807) is 0 Å². The summed E-state index contributed by atoms with van der Waals surface area (Å²) in [6, 6.07) is 0. The quantitative estimate of drug-likeness (QED) is 0.445. The number of H-pyrrole nitrogens is 1. The van der Waals surface area contributed by atoms with Crippen molar-refractivity contribution in [3.05, 3.63) is 16.7 Å². The number of aromatic nitrogens is 4. The first kappa shape index (κ1) is 15.9. The maximum atomic E-state index is 11.9. The molecule has 3 heterocycles. The van der Waals surface area contributed by atoms with Crippen LogP contribution in [0.5, 0.6) is 0 Å². The molecule has 1 fully saturated rings. The van der Waals surface area contributed by atoms with Gasteiger partial charge in [-0.25, -0.2) is 4.98 Å². The normalized spacial score (nSPS) is 37.6. The zero-order valence-corrected chi connectivity index (χ0v) is 12.9. The van der Waals surface area contributed by atoms with Gasteiger partial charge in [0, 0.05) is 0 Å². The van der Waals surface area contributed by atoms with Gasteiger partial charge < -0.3 is 25.8 Å². The molecular weight excluding hydrogens is 306 g/mol. The van der Waals surface area contributed by atoms with Gasteiger partial charge in [-0.05, 0) is 20.8 Å². The van der Waals surface area contributed by atoms with Crippen LogP contribution in [0.3, 0.4) is 0 Å². The lowest BCUT2D eigenvalue weighted by atomic mass is 9.76. The molecule has 0 bridgehead atoms. The summed E-state index contributed by atoms with van der Waals surface area (Å²) in [6.07, 6.45) is 0.137. The molecule has 2 aromatic rings. The largest absolute Gasteiger partial charge is 0.393 e. The number of nitrogen functional groups attached to an aromatic ring is 1. The number of aromatic amines is 1. The van der Waals surface area contributed by atoms with E-state index in [1.165, 1.54) is 31.7 Å². The molecule has 126 valence electrons. The molecule has 0 spiro atoms. The zero-order chi connectivity index (χ0) is 17.2. The Morgan fingerprint density at radius 1 is 1.43 bits per heavy atom. The predicted octanol–water partition coefficient (Wildman–Crippen LogP) is -1.52. The number of aliphatic hydroxyl groups is 3. The number of rotatable bonds is 2. The summed E-state index contributed by atoms with van der Waals surface area (Å²) in [5.41, 5.74) is 0.158. The van der Waals surface area contributed by atoms with Gasteiger partial charge in [-0.2, -0.15) is 4.98 Å². The highest BCUT2D eigenvalue weighted by Gasteiger charge is 2.67. The monoisotopic (exact) mass is 325 g/mol. The third-order valence-corrected chi connectivity index (χ3v) is 4.87. The molecule has 1 unspecified atom stereocenters. The maximum absolute atomic E-state index is 11.9. The van der Waals surface area contributed by atoms with E-state index < -0.39 is 35.2 Å². The molecular formula is C13H19N5O5. The molecule has 3 rings (SSSR count). The van der Waals surface area contributed by atoms with Crippen molar-refractivity contribution < 1.29 is 20.1 Å². The maximum Gasteiger partial charge on any atom is 0.280 e. The number of nitrogens with two attached hydrogens (primary N) is 1. The number of anilines is 1. The summed E-state index contributed by atoms with van der Waals surface area (Å²) in [6.45, 7) is 3.71. The smallest absolute Gasteiger partial charge is 0.280 e. The standard InChI is InChI=1S/C13H19N5O5/c1-11(4-19)13(3,22)12(2,21)9(23-11)18-5-15-6-7(18)16-10(14)17-8(6)20/h5,9,19,21-22H,4H2,1-3H3,(H3,14,16,17,20)/t9-,11-,12?,13+/m1/s1. The van der Waals surface area contributed by atoms with E-state index >= 15 is 0 Å². The Bertz CT molecular complexity index is 826. The summed E-state index contributed by atoms with van der Waals surface area (Å²) in [5, 5.41) is 31.1. The van der Waals surface area contributed by atoms with Gasteiger partial charge in [0.15, 0.2) is 17.4 Å². The van der Waals surface area contributed by atoms with Crippen LogP contribution >= 0.6 is 0 Å². The number of hydrogen-bond donors (Lipinski definition) is 5. The van der Waals surface area contributed by atoms with Crippen LogP contribution in [-0.4, -0.2) is 58.2 Å². The van der Waals surface area contributed by atoms with Crippen molar-refractivity contribution in [1.82, 2.24) is 19.5 Å². The van der Waals surface area contributed by atoms with Crippen LogP contribution in [0.15, 0.2) is 11.1 Å². The molecule has 1 aliphatic heterocycles. The van der Waals surface area contributed by atoms with E-state index in [9.17, 15) is 20.1 Å². The van der Waals surface area contributed by atoms with E-state index in [4.69, 9.17) is 10.5 Å². The van der Waals surface area contributed by atoms with Gasteiger partial charge in [0.25, 0.3) is 5.56 Å². The number of imidazole rings is 1. The van der Waals surface area contributed by atoms with Crippen LogP contribution in [0.1, 0.15) is 27.0 Å². The van der Waals surface area contributed by atoms with Crippen molar-refractivity contribution in [3.8, 4) is 0 Å². The Labute approximate surface area is 130 Å². The molecule has 2 aromatic heterocycles. The summed E-state index contributed by atoms with van der Waals surface area (Å²) in [5.74, 6) is -0.112. The summed E-state index contributed by atoms with van der Waals surface area (Å²) in [4.78, 5) is 22.2. The van der Waals surface area contributed by atoms with Crippen LogP contribution in [0.2, 0.25) is 0 Å². The molecule has 0 radical (unpaired) electrons. The van der Waals surface area contributed by atoms with Gasteiger partial charge >= 0.3 is 0 Å². The van der Waals surface area contributed by atoms with Gasteiger partial charge in [-0.15, -0.1) is 0 Å². The van der Waals surface area contributed by atoms with Crippen LogP contribution in [0.4, 0.5) is 5.95 Å². The molecule has 0 saturated carbocycles. The molecule has 6 N–H and O–H groups in total. The van der Waals surface area contributed by atoms with E-state index in [0.717, 1.165) is 0 Å². The number of hydrogen-bond acceptors (Lipinski definition) is 8. The SMILES string of the molecule is CC1(O)[C@H](n2cnc3c(=O)[nH]c(N)nc32)O[C@](C)(CO)[C@]1(C)O. The van der Waals surface area contributed by atoms with Crippen molar-refractivity contribution in [3.63, 3.8) is 0 Å². The molecule has 1 saturated heterocycles. The second-order valence-corrected chi connectivity index (χ2v) is 6.35. The fraction of sp³-hybridized carbons (Fsp3) is 0.615. The Morgan fingerprint density at radius 3 is 2.65 bits per heavy atom. The lowest BCUT2D eigenvalue weighted by molar-refractivity contribution is -0.162. The number of nitrogens with zero attached hydrogens (tertiary/aromatic N) is 3. The first-order valence-corrected chi connectivity index (χ1v) is 7.01. The molecule has 4 atom stereocenters. The van der Waals surface area contributed by atoms with Gasteiger partial charge in [0.05, 0.1) is 12.9 Å². The minimum atomic E-state index is -1.79. The van der Waals surface area contributed by atoms with E-state index in [-0.39, 0.29) is 17.1 Å². The average molecular weight is 325 g/mol. The topological polar surface area (TPSA) is 160 Å². The van der Waals surface area contributed by atoms with Crippen LogP contribution in [-0.2, 0) is 4.74 Å². The minimum Gasteiger partial charge on any atom is -0.393 e. The summed E-state index contributed by atoms with van der Waals surface area (Å²) < 4.78 is 7.06. The molecule has 10 heteroatoms. The zero-order valence-electron chi connectivity index (χ0n) is 12.9. The Balaban J connectivity index is 2.22. The van der Waals surface area contributed by atoms with Crippen molar-refractivity contribution in [1.29, 1.82) is 0 Å². The third-order valence-electron chi connectivity index (χ3n) is 4.87. The molecule has 0 aromatic carbocycles. The van der Waals surface area contributed by atoms with Crippen LogP contribution in [0, 0.1) is 0 Å². The minimum absolute atomic E-state index is 0.0239. The van der Waals surface area contributed by atoms with Crippen molar-refractivity contribution >= 4 is 17.1 Å². The van der Waals surface area contributed by atoms with E-state index in [2.05, 4.69) is 15.0 Å². The number of fused-ring (bicyclic) bond motifs is 1. The molecule has 23 heavy (non-hydrogen) atoms. The van der Waals surface area contributed by atoms with Gasteiger partial charge in [0.2, 0.25) is 5.95 Å². The average Bonchev–Trinajstić information content (AvgIpc) is 2.92. The second-order valence-electron chi connectivity index (χ2n) is 6.35. The summed E-state index contributed by atoms with van der Waals surface area (Å²) in [7, 11) is 0. The highest BCUT2D eigenvalue weighted by atomic mass is 16.6. The highest BCUT2D eigenvalue weighted by molar-refractivity contribution is 5.70. The van der Waals surface area contributed by atoms with E-state index in [0.29, 0.717) is 0 Å².